The normalized spacial score (nSPS) is 16.1. The number of carbonyl (C=O) groups excluding carboxylic acids is 1. The van der Waals surface area contributed by atoms with Gasteiger partial charge in [-0.3, -0.25) is 4.79 Å². The van der Waals surface area contributed by atoms with Crippen LogP contribution in [-0.2, 0) is 11.2 Å². The number of nitrogens with zero attached hydrogens (tertiary/aromatic N) is 1. The van der Waals surface area contributed by atoms with E-state index < -0.39 is 0 Å². The Labute approximate surface area is 129 Å². The van der Waals surface area contributed by atoms with Crippen LogP contribution in [0.25, 0.3) is 0 Å². The van der Waals surface area contributed by atoms with Gasteiger partial charge in [0.05, 0.1) is 6.42 Å². The summed E-state index contributed by atoms with van der Waals surface area (Å²) < 4.78 is 0. The van der Waals surface area contributed by atoms with Gasteiger partial charge in [0, 0.05) is 29.2 Å². The number of amides is 1. The van der Waals surface area contributed by atoms with E-state index in [1.54, 1.807) is 18.2 Å². The lowest BCUT2D eigenvalue weighted by atomic mass is 10.0. The van der Waals surface area contributed by atoms with E-state index in [-0.39, 0.29) is 24.4 Å². The molecule has 106 valence electrons. The number of hydrogen-bond donors (Lipinski definition) is 1. The van der Waals surface area contributed by atoms with Crippen LogP contribution in [-0.4, -0.2) is 29.9 Å². The maximum absolute atomic E-state index is 12.1. The van der Waals surface area contributed by atoms with Crippen molar-refractivity contribution in [2.24, 2.45) is 5.73 Å². The van der Waals surface area contributed by atoms with Crippen molar-refractivity contribution < 1.29 is 4.79 Å². The third-order valence-corrected chi connectivity index (χ3v) is 3.61. The van der Waals surface area contributed by atoms with Crippen molar-refractivity contribution in [1.29, 1.82) is 0 Å². The highest BCUT2D eigenvalue weighted by atomic mass is 35.5. The Balaban J connectivity index is 0.00000180. The molecule has 1 saturated heterocycles. The lowest BCUT2D eigenvalue weighted by Gasteiger charge is -2.30. The molecule has 0 aromatic heterocycles. The van der Waals surface area contributed by atoms with Gasteiger partial charge in [-0.2, -0.15) is 0 Å². The summed E-state index contributed by atoms with van der Waals surface area (Å²) in [4.78, 5) is 14.0. The molecule has 3 nitrogen and oxygen atoms in total. The van der Waals surface area contributed by atoms with Crippen LogP contribution >= 0.6 is 35.6 Å². The highest BCUT2D eigenvalue weighted by Gasteiger charge is 2.20. The first-order chi connectivity index (χ1) is 8.54. The highest BCUT2D eigenvalue weighted by molar-refractivity contribution is 6.34. The average molecular weight is 324 g/mol. The number of likely N-dealkylation sites (tertiary alicyclic amines) is 1. The van der Waals surface area contributed by atoms with Gasteiger partial charge in [-0.05, 0) is 36.6 Å². The summed E-state index contributed by atoms with van der Waals surface area (Å²) in [5.41, 5.74) is 6.67. The number of carbonyl (C=O) groups is 1. The molecule has 0 atom stereocenters. The van der Waals surface area contributed by atoms with E-state index in [4.69, 9.17) is 28.9 Å². The predicted molar refractivity (Wildman–Crippen MR) is 81.2 cm³/mol. The van der Waals surface area contributed by atoms with Gasteiger partial charge in [0.15, 0.2) is 0 Å². The standard InChI is InChI=1S/C13H16Cl2N2O.ClH/c14-10-5-9(6-11(15)8-10)7-13(18)17-3-1-12(16)2-4-17;/h5-6,8,12H,1-4,7,16H2;1H. The molecule has 1 fully saturated rings. The smallest absolute Gasteiger partial charge is 0.226 e. The van der Waals surface area contributed by atoms with Crippen LogP contribution in [0.15, 0.2) is 18.2 Å². The van der Waals surface area contributed by atoms with E-state index in [9.17, 15) is 4.79 Å². The first kappa shape index (κ1) is 16.6. The summed E-state index contributed by atoms with van der Waals surface area (Å²) in [6.07, 6.45) is 2.10. The van der Waals surface area contributed by atoms with Crippen LogP contribution in [0.3, 0.4) is 0 Å². The molecule has 19 heavy (non-hydrogen) atoms. The summed E-state index contributed by atoms with van der Waals surface area (Å²) in [5, 5.41) is 1.12. The van der Waals surface area contributed by atoms with Crippen LogP contribution in [0.1, 0.15) is 18.4 Å². The molecule has 1 amide bonds. The quantitative estimate of drug-likeness (QED) is 0.909. The Morgan fingerprint density at radius 1 is 1.21 bits per heavy atom. The van der Waals surface area contributed by atoms with Crippen molar-refractivity contribution in [2.75, 3.05) is 13.1 Å². The third-order valence-electron chi connectivity index (χ3n) is 3.17. The van der Waals surface area contributed by atoms with Crippen LogP contribution in [0.2, 0.25) is 10.0 Å². The van der Waals surface area contributed by atoms with E-state index in [2.05, 4.69) is 0 Å². The zero-order chi connectivity index (χ0) is 13.1. The number of piperidine rings is 1. The summed E-state index contributed by atoms with van der Waals surface area (Å²) in [5.74, 6) is 0.111. The van der Waals surface area contributed by atoms with Crippen molar-refractivity contribution in [2.45, 2.75) is 25.3 Å². The molecule has 2 rings (SSSR count). The Hall–Kier alpha value is -0.480. The Morgan fingerprint density at radius 2 is 1.74 bits per heavy atom. The minimum Gasteiger partial charge on any atom is -0.342 e. The van der Waals surface area contributed by atoms with Crippen LogP contribution < -0.4 is 5.73 Å². The van der Waals surface area contributed by atoms with E-state index >= 15 is 0 Å². The molecule has 1 heterocycles. The molecular formula is C13H17Cl3N2O. The molecule has 0 radical (unpaired) electrons. The number of nitrogens with two attached hydrogens (primary N) is 1. The Kier molecular flexibility index (Phi) is 6.40. The van der Waals surface area contributed by atoms with Crippen LogP contribution in [0, 0.1) is 0 Å². The molecule has 0 spiro atoms. The minimum atomic E-state index is 0. The lowest BCUT2D eigenvalue weighted by molar-refractivity contribution is -0.131. The molecule has 2 N–H and O–H groups in total. The van der Waals surface area contributed by atoms with Gasteiger partial charge < -0.3 is 10.6 Å². The first-order valence-corrected chi connectivity index (χ1v) is 6.78. The summed E-state index contributed by atoms with van der Waals surface area (Å²) in [7, 11) is 0. The molecule has 1 aromatic rings. The van der Waals surface area contributed by atoms with Crippen molar-refractivity contribution in [3.8, 4) is 0 Å². The van der Waals surface area contributed by atoms with Crippen LogP contribution in [0.4, 0.5) is 0 Å². The molecule has 6 heteroatoms. The summed E-state index contributed by atoms with van der Waals surface area (Å²) in [6, 6.07) is 5.45. The van der Waals surface area contributed by atoms with Gasteiger partial charge in [-0.1, -0.05) is 23.2 Å². The number of benzene rings is 1. The summed E-state index contributed by atoms with van der Waals surface area (Å²) >= 11 is 11.8. The van der Waals surface area contributed by atoms with E-state index in [1.807, 2.05) is 4.90 Å². The third kappa shape index (κ3) is 4.84. The second-order valence-corrected chi connectivity index (χ2v) is 5.55. The van der Waals surface area contributed by atoms with E-state index in [1.165, 1.54) is 0 Å². The lowest BCUT2D eigenvalue weighted by Crippen LogP contribution is -2.43. The van der Waals surface area contributed by atoms with E-state index in [0.717, 1.165) is 31.5 Å². The fraction of sp³-hybridized carbons (Fsp3) is 0.462. The Bertz CT molecular complexity index is 425. The van der Waals surface area contributed by atoms with Crippen molar-refractivity contribution >= 4 is 41.5 Å². The highest BCUT2D eigenvalue weighted by Crippen LogP contribution is 2.20. The number of hydrogen-bond acceptors (Lipinski definition) is 2. The maximum atomic E-state index is 12.1. The molecule has 1 aliphatic rings. The predicted octanol–water partition coefficient (Wildman–Crippen LogP) is 2.91. The zero-order valence-electron chi connectivity index (χ0n) is 10.4. The maximum Gasteiger partial charge on any atom is 0.226 e. The molecule has 1 aromatic carbocycles. The molecule has 0 unspecified atom stereocenters. The van der Waals surface area contributed by atoms with Gasteiger partial charge in [0.25, 0.3) is 0 Å². The van der Waals surface area contributed by atoms with Crippen LogP contribution in [0.5, 0.6) is 0 Å². The molecule has 0 bridgehead atoms. The van der Waals surface area contributed by atoms with Gasteiger partial charge in [-0.15, -0.1) is 12.4 Å². The van der Waals surface area contributed by atoms with Crippen molar-refractivity contribution in [3.05, 3.63) is 33.8 Å². The van der Waals surface area contributed by atoms with Gasteiger partial charge >= 0.3 is 0 Å². The number of rotatable bonds is 2. The summed E-state index contributed by atoms with van der Waals surface area (Å²) in [6.45, 7) is 1.49. The SMILES string of the molecule is Cl.NC1CCN(C(=O)Cc2cc(Cl)cc(Cl)c2)CC1. The van der Waals surface area contributed by atoms with Gasteiger partial charge in [0.1, 0.15) is 0 Å². The molecule has 0 aliphatic carbocycles. The molecule has 1 aliphatic heterocycles. The number of halogens is 3. The van der Waals surface area contributed by atoms with E-state index in [0.29, 0.717) is 16.5 Å². The topological polar surface area (TPSA) is 46.3 Å². The largest absolute Gasteiger partial charge is 0.342 e. The Morgan fingerprint density at radius 3 is 2.26 bits per heavy atom. The fourth-order valence-electron chi connectivity index (χ4n) is 2.15. The van der Waals surface area contributed by atoms with Gasteiger partial charge in [0.2, 0.25) is 5.91 Å². The molecular weight excluding hydrogens is 307 g/mol. The van der Waals surface area contributed by atoms with Gasteiger partial charge in [-0.25, -0.2) is 0 Å². The van der Waals surface area contributed by atoms with Crippen molar-refractivity contribution in [3.63, 3.8) is 0 Å². The second kappa shape index (κ2) is 7.34. The monoisotopic (exact) mass is 322 g/mol. The molecule has 0 saturated carbocycles. The first-order valence-electron chi connectivity index (χ1n) is 6.03. The fourth-order valence-corrected chi connectivity index (χ4v) is 2.72. The second-order valence-electron chi connectivity index (χ2n) is 4.67. The van der Waals surface area contributed by atoms with Crippen molar-refractivity contribution in [1.82, 2.24) is 4.90 Å². The average Bonchev–Trinajstić information content (AvgIpc) is 2.28. The zero-order valence-corrected chi connectivity index (χ0v) is 12.8. The minimum absolute atomic E-state index is 0.